The lowest BCUT2D eigenvalue weighted by Gasteiger charge is -2.34. The maximum Gasteiger partial charge on any atom is 0.147 e. The van der Waals surface area contributed by atoms with Crippen LogP contribution in [0.5, 0.6) is 5.75 Å². The summed E-state index contributed by atoms with van der Waals surface area (Å²) in [6.45, 7) is 6.17. The van der Waals surface area contributed by atoms with Crippen LogP contribution in [0.2, 0.25) is 0 Å². The molecule has 0 amide bonds. The summed E-state index contributed by atoms with van der Waals surface area (Å²) in [6, 6.07) is 12.8. The Labute approximate surface area is 159 Å². The van der Waals surface area contributed by atoms with Crippen LogP contribution < -0.4 is 9.64 Å². The number of anilines is 1. The molecule has 2 aromatic carbocycles. The predicted octanol–water partition coefficient (Wildman–Crippen LogP) is 4.11. The monoisotopic (exact) mass is 365 g/mol. The minimum absolute atomic E-state index is 0.260. The average molecular weight is 365 g/mol. The van der Waals surface area contributed by atoms with E-state index in [-0.39, 0.29) is 5.82 Å². The van der Waals surface area contributed by atoms with Gasteiger partial charge in [-0.15, -0.1) is 0 Å². The van der Waals surface area contributed by atoms with Crippen molar-refractivity contribution in [2.45, 2.75) is 6.92 Å². The summed E-state index contributed by atoms with van der Waals surface area (Å²) in [5, 5.41) is 1.07. The first-order valence-electron chi connectivity index (χ1n) is 9.24. The Balaban J connectivity index is 1.82. The van der Waals surface area contributed by atoms with E-state index in [2.05, 4.69) is 35.9 Å². The summed E-state index contributed by atoms with van der Waals surface area (Å²) in [5.74, 6) is 0.493. The number of piperazine rings is 1. The summed E-state index contributed by atoms with van der Waals surface area (Å²) in [4.78, 5) is 9.53. The number of hydrogen-bond donors (Lipinski definition) is 0. The van der Waals surface area contributed by atoms with Crippen LogP contribution in [-0.2, 0) is 0 Å². The van der Waals surface area contributed by atoms with Crippen LogP contribution in [0.4, 0.5) is 10.1 Å². The number of fused-ring (bicyclic) bond motifs is 1. The molecule has 3 aromatic rings. The van der Waals surface area contributed by atoms with Crippen LogP contribution in [0, 0.1) is 12.7 Å². The molecule has 140 valence electrons. The smallest absolute Gasteiger partial charge is 0.147 e. The molecule has 0 radical (unpaired) electrons. The van der Waals surface area contributed by atoms with Gasteiger partial charge in [-0.05, 0) is 43.8 Å². The Kier molecular flexibility index (Phi) is 4.70. The largest absolute Gasteiger partial charge is 0.494 e. The molecule has 0 aliphatic carbocycles. The summed E-state index contributed by atoms with van der Waals surface area (Å²) < 4.78 is 19.3. The number of likely N-dealkylation sites (N-methyl/N-ethyl adjacent to an activating group) is 1. The molecule has 4 nitrogen and oxygen atoms in total. The van der Waals surface area contributed by atoms with Crippen LogP contribution in [-0.4, -0.2) is 50.2 Å². The lowest BCUT2D eigenvalue weighted by atomic mass is 10.0. The predicted molar refractivity (Wildman–Crippen MR) is 108 cm³/mol. The van der Waals surface area contributed by atoms with E-state index < -0.39 is 0 Å². The zero-order valence-electron chi connectivity index (χ0n) is 16.0. The lowest BCUT2D eigenvalue weighted by Crippen LogP contribution is -2.44. The molecule has 1 aromatic heterocycles. The fourth-order valence-electron chi connectivity index (χ4n) is 3.64. The zero-order valence-corrected chi connectivity index (χ0v) is 16.0. The van der Waals surface area contributed by atoms with Crippen LogP contribution in [0.1, 0.15) is 5.56 Å². The summed E-state index contributed by atoms with van der Waals surface area (Å²) in [5.41, 5.74) is 4.61. The molecule has 27 heavy (non-hydrogen) atoms. The number of methoxy groups -OCH3 is 1. The van der Waals surface area contributed by atoms with Gasteiger partial charge in [0.05, 0.1) is 12.8 Å². The highest BCUT2D eigenvalue weighted by Gasteiger charge is 2.18. The van der Waals surface area contributed by atoms with Gasteiger partial charge < -0.3 is 14.5 Å². The number of pyridine rings is 1. The number of hydrogen-bond acceptors (Lipinski definition) is 4. The molecule has 1 fully saturated rings. The van der Waals surface area contributed by atoms with Gasteiger partial charge in [-0.1, -0.05) is 12.1 Å². The normalized spacial score (nSPS) is 15.3. The highest BCUT2D eigenvalue weighted by atomic mass is 19.1. The molecule has 1 saturated heterocycles. The second-order valence-corrected chi connectivity index (χ2v) is 7.17. The Morgan fingerprint density at radius 1 is 1.04 bits per heavy atom. The molecule has 0 atom stereocenters. The Hall–Kier alpha value is -2.66. The third-order valence-corrected chi connectivity index (χ3v) is 5.28. The van der Waals surface area contributed by atoms with E-state index in [0.29, 0.717) is 0 Å². The number of ether oxygens (including phenoxy) is 1. The maximum absolute atomic E-state index is 13.6. The van der Waals surface area contributed by atoms with E-state index in [9.17, 15) is 4.39 Å². The molecule has 1 aliphatic heterocycles. The number of benzene rings is 2. The van der Waals surface area contributed by atoms with E-state index >= 15 is 0 Å². The van der Waals surface area contributed by atoms with Crippen molar-refractivity contribution in [2.24, 2.45) is 0 Å². The molecule has 4 rings (SSSR count). The van der Waals surface area contributed by atoms with Crippen molar-refractivity contribution in [1.29, 1.82) is 0 Å². The molecular formula is C22H24FN3O. The van der Waals surface area contributed by atoms with Gasteiger partial charge in [0.2, 0.25) is 0 Å². The van der Waals surface area contributed by atoms with Gasteiger partial charge in [-0.3, -0.25) is 0 Å². The second kappa shape index (κ2) is 7.16. The van der Waals surface area contributed by atoms with E-state index in [1.807, 2.05) is 12.1 Å². The first-order valence-corrected chi connectivity index (χ1v) is 9.24. The number of halogens is 1. The molecule has 0 unspecified atom stereocenters. The minimum Gasteiger partial charge on any atom is -0.494 e. The van der Waals surface area contributed by atoms with Gasteiger partial charge in [0.25, 0.3) is 0 Å². The van der Waals surface area contributed by atoms with E-state index in [1.54, 1.807) is 13.2 Å². The number of aromatic nitrogens is 1. The van der Waals surface area contributed by atoms with E-state index in [4.69, 9.17) is 9.72 Å². The number of aryl methyl sites for hydroxylation is 1. The van der Waals surface area contributed by atoms with Crippen molar-refractivity contribution < 1.29 is 9.13 Å². The topological polar surface area (TPSA) is 28.6 Å². The van der Waals surface area contributed by atoms with Crippen molar-refractivity contribution in [2.75, 3.05) is 45.2 Å². The third kappa shape index (κ3) is 3.47. The zero-order chi connectivity index (χ0) is 19.0. The number of rotatable bonds is 3. The van der Waals surface area contributed by atoms with Gasteiger partial charge in [-0.25, -0.2) is 9.37 Å². The van der Waals surface area contributed by atoms with Crippen LogP contribution in [0.15, 0.2) is 42.5 Å². The van der Waals surface area contributed by atoms with Crippen molar-refractivity contribution in [1.82, 2.24) is 9.88 Å². The van der Waals surface area contributed by atoms with Crippen LogP contribution in [0.3, 0.4) is 0 Å². The summed E-state index contributed by atoms with van der Waals surface area (Å²) >= 11 is 0. The molecule has 0 spiro atoms. The molecule has 2 heterocycles. The lowest BCUT2D eigenvalue weighted by molar-refractivity contribution is 0.312. The maximum atomic E-state index is 13.6. The van der Waals surface area contributed by atoms with Gasteiger partial charge in [-0.2, -0.15) is 0 Å². The minimum atomic E-state index is -0.260. The third-order valence-electron chi connectivity index (χ3n) is 5.28. The molecule has 5 heteroatoms. The van der Waals surface area contributed by atoms with Crippen LogP contribution >= 0.6 is 0 Å². The van der Waals surface area contributed by atoms with Crippen molar-refractivity contribution in [3.63, 3.8) is 0 Å². The first kappa shape index (κ1) is 17.7. The molecular weight excluding hydrogens is 341 g/mol. The molecule has 1 aliphatic rings. The highest BCUT2D eigenvalue weighted by molar-refractivity contribution is 5.92. The molecule has 0 saturated carbocycles. The Morgan fingerprint density at radius 2 is 1.81 bits per heavy atom. The van der Waals surface area contributed by atoms with Crippen LogP contribution in [0.25, 0.3) is 22.2 Å². The van der Waals surface area contributed by atoms with Crippen molar-refractivity contribution in [3.8, 4) is 17.0 Å². The van der Waals surface area contributed by atoms with Gasteiger partial charge >= 0.3 is 0 Å². The SMILES string of the molecule is COc1cc(N2CCN(C)CC2)cc2c(C)cc(-c3cccc(F)c3)nc12. The van der Waals surface area contributed by atoms with Crippen molar-refractivity contribution >= 4 is 16.6 Å². The summed E-state index contributed by atoms with van der Waals surface area (Å²) in [6.07, 6.45) is 0. The standard InChI is InChI=1S/C22H24FN3O/c1-15-11-20(16-5-4-6-17(23)12-16)24-22-19(15)13-18(14-21(22)27-3)26-9-7-25(2)8-10-26/h4-6,11-14H,7-10H2,1-3H3. The number of nitrogens with zero attached hydrogens (tertiary/aromatic N) is 3. The van der Waals surface area contributed by atoms with Gasteiger partial charge in [0.1, 0.15) is 17.1 Å². The Bertz CT molecular complexity index is 981. The first-order chi connectivity index (χ1) is 13.0. The quantitative estimate of drug-likeness (QED) is 0.698. The molecule has 0 N–H and O–H groups in total. The average Bonchev–Trinajstić information content (AvgIpc) is 2.68. The highest BCUT2D eigenvalue weighted by Crippen LogP contribution is 2.35. The fourth-order valence-corrected chi connectivity index (χ4v) is 3.64. The fraction of sp³-hybridized carbons (Fsp3) is 0.318. The van der Waals surface area contributed by atoms with Gasteiger partial charge in [0, 0.05) is 48.9 Å². The van der Waals surface area contributed by atoms with Gasteiger partial charge in [0.15, 0.2) is 0 Å². The Morgan fingerprint density at radius 3 is 2.52 bits per heavy atom. The van der Waals surface area contributed by atoms with E-state index in [0.717, 1.165) is 65.3 Å². The second-order valence-electron chi connectivity index (χ2n) is 7.17. The molecule has 0 bridgehead atoms. The van der Waals surface area contributed by atoms with E-state index in [1.165, 1.54) is 12.1 Å². The van der Waals surface area contributed by atoms with Crippen molar-refractivity contribution in [3.05, 3.63) is 53.8 Å². The summed E-state index contributed by atoms with van der Waals surface area (Å²) in [7, 11) is 3.83.